The average Bonchev–Trinajstić information content (AvgIpc) is 2.61. The first-order valence-electron chi connectivity index (χ1n) is 9.02. The van der Waals surface area contributed by atoms with Crippen molar-refractivity contribution in [1.82, 2.24) is 9.80 Å². The van der Waals surface area contributed by atoms with Gasteiger partial charge in [0.2, 0.25) is 5.91 Å². The molecule has 0 unspecified atom stereocenters. The minimum Gasteiger partial charge on any atom is -0.342 e. The normalized spacial score (nSPS) is 20.0. The van der Waals surface area contributed by atoms with E-state index in [-0.39, 0.29) is 17.4 Å². The zero-order valence-electron chi connectivity index (χ0n) is 15.0. The molecule has 6 heteroatoms. The van der Waals surface area contributed by atoms with Crippen LogP contribution in [0, 0.1) is 12.3 Å². The van der Waals surface area contributed by atoms with E-state index in [1.165, 1.54) is 0 Å². The fourth-order valence-electron chi connectivity index (χ4n) is 3.86. The van der Waals surface area contributed by atoms with E-state index in [1.54, 1.807) is 6.07 Å². The van der Waals surface area contributed by atoms with Gasteiger partial charge in [-0.3, -0.25) is 4.79 Å². The van der Waals surface area contributed by atoms with Crippen LogP contribution in [0.1, 0.15) is 38.2 Å². The molecule has 2 heterocycles. The maximum Gasteiger partial charge on any atom is 0.321 e. The Hall–Kier alpha value is -1.75. The third kappa shape index (κ3) is 3.92. The van der Waals surface area contributed by atoms with Crippen molar-refractivity contribution in [2.45, 2.75) is 39.5 Å². The number of nitrogens with zero attached hydrogens (tertiary/aromatic N) is 2. The van der Waals surface area contributed by atoms with Crippen molar-refractivity contribution < 1.29 is 9.59 Å². The number of amides is 3. The van der Waals surface area contributed by atoms with E-state index in [0.717, 1.165) is 56.7 Å². The van der Waals surface area contributed by atoms with Gasteiger partial charge in [-0.1, -0.05) is 17.7 Å². The SMILES string of the molecule is CCN1CC2(CCC1=O)CCN(C(=O)Nc1ccc(C)c(Cl)c1)CC2. The average molecular weight is 364 g/mol. The molecule has 0 aromatic heterocycles. The molecule has 2 aliphatic rings. The highest BCUT2D eigenvalue weighted by Crippen LogP contribution is 2.40. The molecule has 25 heavy (non-hydrogen) atoms. The van der Waals surface area contributed by atoms with Crippen LogP contribution < -0.4 is 5.32 Å². The van der Waals surface area contributed by atoms with Crippen LogP contribution in [-0.4, -0.2) is 47.9 Å². The molecule has 1 aromatic carbocycles. The van der Waals surface area contributed by atoms with Gasteiger partial charge < -0.3 is 15.1 Å². The first-order valence-corrected chi connectivity index (χ1v) is 9.40. The minimum absolute atomic E-state index is 0.0750. The lowest BCUT2D eigenvalue weighted by Crippen LogP contribution is -2.52. The summed E-state index contributed by atoms with van der Waals surface area (Å²) in [7, 11) is 0. The molecular weight excluding hydrogens is 338 g/mol. The second-order valence-corrected chi connectivity index (χ2v) is 7.70. The molecule has 3 amide bonds. The van der Waals surface area contributed by atoms with Crippen molar-refractivity contribution in [1.29, 1.82) is 0 Å². The highest BCUT2D eigenvalue weighted by molar-refractivity contribution is 6.31. The minimum atomic E-state index is -0.0750. The van der Waals surface area contributed by atoms with Crippen molar-refractivity contribution in [3.05, 3.63) is 28.8 Å². The van der Waals surface area contributed by atoms with E-state index in [2.05, 4.69) is 5.32 Å². The Morgan fingerprint density at radius 2 is 2.00 bits per heavy atom. The topological polar surface area (TPSA) is 52.7 Å². The van der Waals surface area contributed by atoms with Gasteiger partial charge in [-0.2, -0.15) is 0 Å². The van der Waals surface area contributed by atoms with E-state index in [9.17, 15) is 9.59 Å². The molecule has 0 saturated carbocycles. The number of carbonyl (C=O) groups is 2. The lowest BCUT2D eigenvalue weighted by atomic mass is 9.72. The Kier molecular flexibility index (Phi) is 5.23. The zero-order chi connectivity index (χ0) is 18.0. The number of likely N-dealkylation sites (tertiary alicyclic amines) is 2. The summed E-state index contributed by atoms with van der Waals surface area (Å²) in [6, 6.07) is 5.48. The van der Waals surface area contributed by atoms with Gasteiger partial charge >= 0.3 is 6.03 Å². The Bertz CT molecular complexity index is 669. The van der Waals surface area contributed by atoms with Gasteiger partial charge in [-0.15, -0.1) is 0 Å². The molecular formula is C19H26ClN3O2. The summed E-state index contributed by atoms with van der Waals surface area (Å²) >= 11 is 6.12. The number of carbonyl (C=O) groups excluding carboxylic acids is 2. The molecule has 0 atom stereocenters. The summed E-state index contributed by atoms with van der Waals surface area (Å²) in [4.78, 5) is 28.3. The van der Waals surface area contributed by atoms with E-state index < -0.39 is 0 Å². The zero-order valence-corrected chi connectivity index (χ0v) is 15.7. The number of rotatable bonds is 2. The molecule has 3 rings (SSSR count). The van der Waals surface area contributed by atoms with Crippen LogP contribution in [0.2, 0.25) is 5.02 Å². The predicted molar refractivity (Wildman–Crippen MR) is 99.9 cm³/mol. The Morgan fingerprint density at radius 1 is 1.28 bits per heavy atom. The maximum absolute atomic E-state index is 12.5. The number of benzene rings is 1. The fraction of sp³-hybridized carbons (Fsp3) is 0.579. The van der Waals surface area contributed by atoms with E-state index in [1.807, 2.05) is 35.8 Å². The highest BCUT2D eigenvalue weighted by atomic mass is 35.5. The fourth-order valence-corrected chi connectivity index (χ4v) is 4.04. The van der Waals surface area contributed by atoms with Crippen molar-refractivity contribution in [2.24, 2.45) is 5.41 Å². The summed E-state index contributed by atoms with van der Waals surface area (Å²) in [5, 5.41) is 3.59. The van der Waals surface area contributed by atoms with Crippen LogP contribution in [-0.2, 0) is 4.79 Å². The van der Waals surface area contributed by atoms with Gasteiger partial charge in [0.25, 0.3) is 0 Å². The highest BCUT2D eigenvalue weighted by Gasteiger charge is 2.41. The number of halogens is 1. The van der Waals surface area contributed by atoms with E-state index >= 15 is 0 Å². The number of anilines is 1. The van der Waals surface area contributed by atoms with Gasteiger partial charge in [-0.05, 0) is 56.2 Å². The molecule has 2 saturated heterocycles. The van der Waals surface area contributed by atoms with Gasteiger partial charge in [0.05, 0.1) is 0 Å². The number of hydrogen-bond acceptors (Lipinski definition) is 2. The summed E-state index contributed by atoms with van der Waals surface area (Å²) in [6.07, 6.45) is 3.50. The Labute approximate surface area is 154 Å². The monoisotopic (exact) mass is 363 g/mol. The Morgan fingerprint density at radius 3 is 2.64 bits per heavy atom. The second kappa shape index (κ2) is 7.24. The standard InChI is InChI=1S/C19H26ClN3O2/c1-3-22-13-19(7-6-17(22)24)8-10-23(11-9-19)18(25)21-15-5-4-14(2)16(20)12-15/h4-5,12H,3,6-11,13H2,1-2H3,(H,21,25). The van der Waals surface area contributed by atoms with Crippen molar-refractivity contribution >= 4 is 29.2 Å². The van der Waals surface area contributed by atoms with Gasteiger partial charge in [0.1, 0.15) is 0 Å². The van der Waals surface area contributed by atoms with E-state index in [4.69, 9.17) is 11.6 Å². The number of nitrogens with one attached hydrogen (secondary N) is 1. The molecule has 0 bridgehead atoms. The summed E-state index contributed by atoms with van der Waals surface area (Å²) < 4.78 is 0. The largest absolute Gasteiger partial charge is 0.342 e. The molecule has 5 nitrogen and oxygen atoms in total. The summed E-state index contributed by atoms with van der Waals surface area (Å²) in [6.45, 7) is 7.05. The molecule has 1 spiro atoms. The second-order valence-electron chi connectivity index (χ2n) is 7.29. The lowest BCUT2D eigenvalue weighted by Gasteiger charge is -2.47. The third-order valence-corrected chi connectivity index (χ3v) is 6.07. The smallest absolute Gasteiger partial charge is 0.321 e. The molecule has 2 aliphatic heterocycles. The van der Waals surface area contributed by atoms with E-state index in [0.29, 0.717) is 11.4 Å². The summed E-state index contributed by atoms with van der Waals surface area (Å²) in [5.41, 5.74) is 1.90. The van der Waals surface area contributed by atoms with Crippen molar-refractivity contribution in [3.8, 4) is 0 Å². The van der Waals surface area contributed by atoms with Crippen LogP contribution in [0.3, 0.4) is 0 Å². The van der Waals surface area contributed by atoms with Crippen LogP contribution >= 0.6 is 11.6 Å². The third-order valence-electron chi connectivity index (χ3n) is 5.66. The summed E-state index contributed by atoms with van der Waals surface area (Å²) in [5.74, 6) is 0.268. The van der Waals surface area contributed by atoms with Crippen LogP contribution in [0.5, 0.6) is 0 Å². The van der Waals surface area contributed by atoms with Crippen LogP contribution in [0.4, 0.5) is 10.5 Å². The quantitative estimate of drug-likeness (QED) is 0.866. The predicted octanol–water partition coefficient (Wildman–Crippen LogP) is 3.90. The van der Waals surface area contributed by atoms with Gasteiger partial charge in [-0.25, -0.2) is 4.79 Å². The Balaban J connectivity index is 1.57. The van der Waals surface area contributed by atoms with Crippen molar-refractivity contribution in [3.63, 3.8) is 0 Å². The van der Waals surface area contributed by atoms with Crippen LogP contribution in [0.15, 0.2) is 18.2 Å². The molecule has 136 valence electrons. The van der Waals surface area contributed by atoms with Crippen LogP contribution in [0.25, 0.3) is 0 Å². The number of urea groups is 1. The molecule has 0 aliphatic carbocycles. The lowest BCUT2D eigenvalue weighted by molar-refractivity contribution is -0.138. The molecule has 1 N–H and O–H groups in total. The van der Waals surface area contributed by atoms with Gasteiger partial charge in [0, 0.05) is 43.3 Å². The first kappa shape index (κ1) is 18.1. The number of hydrogen-bond donors (Lipinski definition) is 1. The molecule has 1 aromatic rings. The maximum atomic E-state index is 12.5. The first-order chi connectivity index (χ1) is 11.9. The van der Waals surface area contributed by atoms with Crippen molar-refractivity contribution in [2.75, 3.05) is 31.5 Å². The number of aryl methyl sites for hydroxylation is 1. The number of piperidine rings is 2. The molecule has 0 radical (unpaired) electrons. The van der Waals surface area contributed by atoms with Gasteiger partial charge in [0.15, 0.2) is 0 Å². The molecule has 2 fully saturated rings.